The van der Waals surface area contributed by atoms with Gasteiger partial charge in [0.15, 0.2) is 0 Å². The number of methoxy groups -OCH3 is 1. The Labute approximate surface area is 162 Å². The second kappa shape index (κ2) is 8.47. The number of ether oxygens (including phenoxy) is 2. The van der Waals surface area contributed by atoms with Crippen LogP contribution in [0.25, 0.3) is 0 Å². The van der Waals surface area contributed by atoms with Gasteiger partial charge in [-0.25, -0.2) is 4.79 Å². The molecule has 0 fully saturated rings. The highest BCUT2D eigenvalue weighted by Gasteiger charge is 2.19. The standard InChI is InChI=1S/C21H22N2O5/c1-14-10-11-17(15(2)22-26-13-16-8-6-5-7-9-16)12-18(14)27-19-20(25-4)23(3)28-21(19)24/h5-12H,13H2,1-4H3. The highest BCUT2D eigenvalue weighted by atomic mass is 16.6. The van der Waals surface area contributed by atoms with Crippen LogP contribution in [0.4, 0.5) is 0 Å². The van der Waals surface area contributed by atoms with Crippen molar-refractivity contribution in [1.82, 2.24) is 4.74 Å². The van der Waals surface area contributed by atoms with Crippen molar-refractivity contribution >= 4 is 5.71 Å². The van der Waals surface area contributed by atoms with E-state index >= 15 is 0 Å². The van der Waals surface area contributed by atoms with Crippen LogP contribution in [0.1, 0.15) is 23.6 Å². The molecular formula is C21H22N2O5. The van der Waals surface area contributed by atoms with E-state index in [0.29, 0.717) is 18.1 Å². The largest absolute Gasteiger partial charge is 0.478 e. The lowest BCUT2D eigenvalue weighted by Crippen LogP contribution is -2.02. The van der Waals surface area contributed by atoms with Crippen molar-refractivity contribution in [1.29, 1.82) is 0 Å². The van der Waals surface area contributed by atoms with E-state index in [1.165, 1.54) is 11.8 Å². The first-order valence-electron chi connectivity index (χ1n) is 8.73. The molecule has 3 rings (SSSR count). The minimum atomic E-state index is -0.610. The monoisotopic (exact) mass is 382 g/mol. The number of aromatic nitrogens is 1. The van der Waals surface area contributed by atoms with Gasteiger partial charge < -0.3 is 18.8 Å². The molecule has 0 aliphatic heterocycles. The first kappa shape index (κ1) is 19.3. The number of rotatable bonds is 7. The number of hydrogen-bond acceptors (Lipinski definition) is 6. The van der Waals surface area contributed by atoms with Crippen LogP contribution in [0.5, 0.6) is 17.4 Å². The van der Waals surface area contributed by atoms with Gasteiger partial charge in [-0.15, -0.1) is 0 Å². The van der Waals surface area contributed by atoms with Gasteiger partial charge >= 0.3 is 5.63 Å². The van der Waals surface area contributed by atoms with Gasteiger partial charge in [-0.1, -0.05) is 47.6 Å². The Bertz CT molecular complexity index is 1030. The number of aryl methyl sites for hydroxylation is 2. The van der Waals surface area contributed by atoms with E-state index in [4.69, 9.17) is 18.8 Å². The van der Waals surface area contributed by atoms with Crippen LogP contribution in [0.2, 0.25) is 0 Å². The fraction of sp³-hybridized carbons (Fsp3) is 0.238. The van der Waals surface area contributed by atoms with Gasteiger partial charge in [-0.05, 0) is 31.0 Å². The van der Waals surface area contributed by atoms with Crippen molar-refractivity contribution in [2.24, 2.45) is 12.2 Å². The Hall–Kier alpha value is -3.48. The summed E-state index contributed by atoms with van der Waals surface area (Å²) >= 11 is 0. The van der Waals surface area contributed by atoms with Crippen LogP contribution in [-0.4, -0.2) is 17.6 Å². The molecule has 0 saturated carbocycles. The minimum Gasteiger partial charge on any atom is -0.478 e. The molecule has 1 heterocycles. The Morgan fingerprint density at radius 1 is 1.18 bits per heavy atom. The van der Waals surface area contributed by atoms with Crippen molar-refractivity contribution in [2.45, 2.75) is 20.5 Å². The third-order valence-corrected chi connectivity index (χ3v) is 4.17. The van der Waals surface area contributed by atoms with E-state index in [1.807, 2.05) is 56.3 Å². The Balaban J connectivity index is 1.79. The van der Waals surface area contributed by atoms with Gasteiger partial charge in [0, 0.05) is 12.6 Å². The van der Waals surface area contributed by atoms with E-state index in [9.17, 15) is 4.79 Å². The molecular weight excluding hydrogens is 360 g/mol. The summed E-state index contributed by atoms with van der Waals surface area (Å²) in [6.07, 6.45) is 0. The SMILES string of the molecule is COc1c(Oc2cc(C(C)=NOCc3ccccc3)ccc2C)c(=O)on1C. The van der Waals surface area contributed by atoms with Crippen molar-refractivity contribution in [2.75, 3.05) is 7.11 Å². The summed E-state index contributed by atoms with van der Waals surface area (Å²) in [6, 6.07) is 15.4. The molecule has 0 atom stereocenters. The summed E-state index contributed by atoms with van der Waals surface area (Å²) < 4.78 is 17.2. The molecule has 0 aliphatic carbocycles. The topological polar surface area (TPSA) is 75.2 Å². The fourth-order valence-electron chi connectivity index (χ4n) is 2.62. The number of nitrogens with zero attached hydrogens (tertiary/aromatic N) is 2. The van der Waals surface area contributed by atoms with Crippen LogP contribution >= 0.6 is 0 Å². The summed E-state index contributed by atoms with van der Waals surface area (Å²) in [5, 5.41) is 4.17. The van der Waals surface area contributed by atoms with E-state index < -0.39 is 5.63 Å². The minimum absolute atomic E-state index is 0.000157. The molecule has 28 heavy (non-hydrogen) atoms. The molecule has 7 heteroatoms. The predicted molar refractivity (Wildman–Crippen MR) is 105 cm³/mol. The fourth-order valence-corrected chi connectivity index (χ4v) is 2.62. The van der Waals surface area contributed by atoms with E-state index in [-0.39, 0.29) is 11.6 Å². The molecule has 7 nitrogen and oxygen atoms in total. The zero-order valence-corrected chi connectivity index (χ0v) is 16.3. The Morgan fingerprint density at radius 2 is 1.93 bits per heavy atom. The highest BCUT2D eigenvalue weighted by molar-refractivity contribution is 5.98. The summed E-state index contributed by atoms with van der Waals surface area (Å²) in [5.74, 6) is 0.721. The predicted octanol–water partition coefficient (Wildman–Crippen LogP) is 4.03. The maximum atomic E-state index is 12.0. The van der Waals surface area contributed by atoms with E-state index in [0.717, 1.165) is 16.7 Å². The third kappa shape index (κ3) is 4.25. The van der Waals surface area contributed by atoms with Crippen molar-refractivity contribution in [3.8, 4) is 17.4 Å². The van der Waals surface area contributed by atoms with Crippen LogP contribution in [0.3, 0.4) is 0 Å². The lowest BCUT2D eigenvalue weighted by molar-refractivity contribution is 0.130. The molecule has 0 amide bonds. The van der Waals surface area contributed by atoms with Gasteiger partial charge in [0.2, 0.25) is 0 Å². The van der Waals surface area contributed by atoms with Crippen molar-refractivity contribution in [3.63, 3.8) is 0 Å². The summed E-state index contributed by atoms with van der Waals surface area (Å²) in [4.78, 5) is 17.4. The van der Waals surface area contributed by atoms with Crippen LogP contribution in [-0.2, 0) is 18.5 Å². The van der Waals surface area contributed by atoms with Gasteiger partial charge in [-0.3, -0.25) is 0 Å². The molecule has 1 aromatic heterocycles. The second-order valence-electron chi connectivity index (χ2n) is 6.23. The van der Waals surface area contributed by atoms with Crippen molar-refractivity contribution < 1.29 is 18.8 Å². The van der Waals surface area contributed by atoms with Gasteiger partial charge in [0.25, 0.3) is 11.6 Å². The number of oxime groups is 1. The zero-order chi connectivity index (χ0) is 20.1. The molecule has 146 valence electrons. The molecule has 0 saturated heterocycles. The highest BCUT2D eigenvalue weighted by Crippen LogP contribution is 2.31. The smallest absolute Gasteiger partial charge is 0.404 e. The lowest BCUT2D eigenvalue weighted by Gasteiger charge is -2.10. The normalized spacial score (nSPS) is 11.4. The zero-order valence-electron chi connectivity index (χ0n) is 16.3. The third-order valence-electron chi connectivity index (χ3n) is 4.17. The second-order valence-corrected chi connectivity index (χ2v) is 6.23. The Kier molecular flexibility index (Phi) is 5.84. The number of benzene rings is 2. The van der Waals surface area contributed by atoms with Crippen LogP contribution < -0.4 is 15.1 Å². The average Bonchev–Trinajstić information content (AvgIpc) is 2.96. The molecule has 0 unspecified atom stereocenters. The quantitative estimate of drug-likeness (QED) is 0.456. The van der Waals surface area contributed by atoms with Crippen LogP contribution in [0, 0.1) is 6.92 Å². The molecule has 0 radical (unpaired) electrons. The first-order valence-corrected chi connectivity index (χ1v) is 8.73. The molecule has 3 aromatic rings. The maximum Gasteiger partial charge on any atom is 0.404 e. The summed E-state index contributed by atoms with van der Waals surface area (Å²) in [6.45, 7) is 4.11. The lowest BCUT2D eigenvalue weighted by atomic mass is 10.1. The van der Waals surface area contributed by atoms with E-state index in [1.54, 1.807) is 13.1 Å². The molecule has 0 aliphatic rings. The maximum absolute atomic E-state index is 12.0. The van der Waals surface area contributed by atoms with Crippen LogP contribution in [0.15, 0.2) is 63.0 Å². The van der Waals surface area contributed by atoms with Gasteiger partial charge in [0.05, 0.1) is 12.8 Å². The average molecular weight is 382 g/mol. The molecule has 2 aromatic carbocycles. The van der Waals surface area contributed by atoms with E-state index in [2.05, 4.69) is 5.16 Å². The van der Waals surface area contributed by atoms with Crippen molar-refractivity contribution in [3.05, 3.63) is 75.6 Å². The van der Waals surface area contributed by atoms with Gasteiger partial charge in [-0.2, -0.15) is 4.74 Å². The molecule has 0 N–H and O–H groups in total. The van der Waals surface area contributed by atoms with Gasteiger partial charge in [0.1, 0.15) is 12.4 Å². The number of hydrogen-bond donors (Lipinski definition) is 0. The summed E-state index contributed by atoms with van der Waals surface area (Å²) in [7, 11) is 3.01. The summed E-state index contributed by atoms with van der Waals surface area (Å²) in [5.41, 5.74) is 2.78. The molecule has 0 bridgehead atoms. The Morgan fingerprint density at radius 3 is 2.64 bits per heavy atom. The molecule has 0 spiro atoms. The first-order chi connectivity index (χ1) is 13.5.